The number of aromatic nitrogens is 1. The van der Waals surface area contributed by atoms with Gasteiger partial charge in [0.05, 0.1) is 22.5 Å². The molecule has 0 bridgehead atoms. The maximum Gasteiger partial charge on any atom is 0.257 e. The lowest BCUT2D eigenvalue weighted by atomic mass is 10.2. The van der Waals surface area contributed by atoms with Crippen LogP contribution in [0.3, 0.4) is 0 Å². The Balaban J connectivity index is 1.66. The highest BCUT2D eigenvalue weighted by Crippen LogP contribution is 2.20. The van der Waals surface area contributed by atoms with Gasteiger partial charge in [-0.25, -0.2) is 9.37 Å². The molecule has 1 aromatic carbocycles. The summed E-state index contributed by atoms with van der Waals surface area (Å²) in [5.74, 6) is 0.0183. The fourth-order valence-corrected chi connectivity index (χ4v) is 2.81. The number of carbonyl (C=O) groups is 1. The molecule has 24 heavy (non-hydrogen) atoms. The van der Waals surface area contributed by atoms with E-state index in [-0.39, 0.29) is 10.6 Å². The van der Waals surface area contributed by atoms with E-state index >= 15 is 0 Å². The minimum atomic E-state index is -0.477. The molecule has 3 rings (SSSR count). The molecular formula is C17H18ClFN4O. The Morgan fingerprint density at radius 3 is 2.58 bits per heavy atom. The molecule has 0 saturated carbocycles. The number of benzene rings is 1. The molecule has 0 unspecified atom stereocenters. The van der Waals surface area contributed by atoms with Gasteiger partial charge in [0.1, 0.15) is 11.6 Å². The van der Waals surface area contributed by atoms with Crippen LogP contribution in [0.1, 0.15) is 10.4 Å². The van der Waals surface area contributed by atoms with E-state index in [0.717, 1.165) is 38.1 Å². The highest BCUT2D eigenvalue weighted by molar-refractivity contribution is 6.34. The number of hydrogen-bond donors (Lipinski definition) is 1. The fourth-order valence-electron chi connectivity index (χ4n) is 2.55. The molecule has 1 aromatic heterocycles. The molecule has 126 valence electrons. The van der Waals surface area contributed by atoms with Crippen molar-refractivity contribution in [1.82, 2.24) is 9.88 Å². The summed E-state index contributed by atoms with van der Waals surface area (Å²) in [4.78, 5) is 21.1. The molecule has 7 heteroatoms. The lowest BCUT2D eigenvalue weighted by Crippen LogP contribution is -2.44. The van der Waals surface area contributed by atoms with Crippen molar-refractivity contribution in [1.29, 1.82) is 0 Å². The largest absolute Gasteiger partial charge is 0.354 e. The molecule has 0 spiro atoms. The van der Waals surface area contributed by atoms with Crippen molar-refractivity contribution in [2.45, 2.75) is 0 Å². The van der Waals surface area contributed by atoms with Crippen LogP contribution in [0.25, 0.3) is 0 Å². The Hall–Kier alpha value is -2.18. The number of carbonyl (C=O) groups excluding carboxylic acids is 1. The number of pyridine rings is 1. The van der Waals surface area contributed by atoms with Crippen molar-refractivity contribution >= 4 is 29.0 Å². The third-order valence-electron chi connectivity index (χ3n) is 4.01. The summed E-state index contributed by atoms with van der Waals surface area (Å²) in [7, 11) is 2.10. The van der Waals surface area contributed by atoms with E-state index < -0.39 is 11.7 Å². The van der Waals surface area contributed by atoms with E-state index in [9.17, 15) is 9.18 Å². The van der Waals surface area contributed by atoms with Gasteiger partial charge in [-0.3, -0.25) is 4.79 Å². The summed E-state index contributed by atoms with van der Waals surface area (Å²) < 4.78 is 13.0. The topological polar surface area (TPSA) is 48.5 Å². The number of anilines is 2. The molecule has 2 heterocycles. The van der Waals surface area contributed by atoms with Gasteiger partial charge in [0.2, 0.25) is 0 Å². The Morgan fingerprint density at radius 2 is 1.96 bits per heavy atom. The minimum Gasteiger partial charge on any atom is -0.354 e. The van der Waals surface area contributed by atoms with Gasteiger partial charge in [0.15, 0.2) is 0 Å². The van der Waals surface area contributed by atoms with E-state index in [4.69, 9.17) is 11.6 Å². The van der Waals surface area contributed by atoms with Crippen LogP contribution < -0.4 is 10.2 Å². The third kappa shape index (κ3) is 3.83. The first-order valence-corrected chi connectivity index (χ1v) is 8.06. The van der Waals surface area contributed by atoms with Crippen molar-refractivity contribution in [2.24, 2.45) is 0 Å². The number of halogens is 2. The SMILES string of the molecule is CN1CCN(c2ccc(NC(=O)c3ccc(F)cc3Cl)cn2)CC1. The third-order valence-corrected chi connectivity index (χ3v) is 4.32. The van der Waals surface area contributed by atoms with Gasteiger partial charge in [-0.1, -0.05) is 11.6 Å². The lowest BCUT2D eigenvalue weighted by molar-refractivity contribution is 0.102. The summed E-state index contributed by atoms with van der Waals surface area (Å²) in [6.07, 6.45) is 1.61. The number of rotatable bonds is 3. The van der Waals surface area contributed by atoms with E-state index in [1.807, 2.05) is 6.07 Å². The molecule has 1 saturated heterocycles. The maximum atomic E-state index is 13.0. The predicted octanol–water partition coefficient (Wildman–Crippen LogP) is 2.88. The first-order chi connectivity index (χ1) is 11.5. The van der Waals surface area contributed by atoms with Crippen molar-refractivity contribution in [3.8, 4) is 0 Å². The summed E-state index contributed by atoms with van der Waals surface area (Å²) in [5.41, 5.74) is 0.791. The number of piperazine rings is 1. The van der Waals surface area contributed by atoms with Crippen LogP contribution in [0.15, 0.2) is 36.5 Å². The van der Waals surface area contributed by atoms with Crippen LogP contribution in [0.4, 0.5) is 15.9 Å². The smallest absolute Gasteiger partial charge is 0.257 e. The molecule has 1 aliphatic heterocycles. The molecule has 1 aliphatic rings. The molecule has 0 aliphatic carbocycles. The van der Waals surface area contributed by atoms with Gasteiger partial charge in [-0.05, 0) is 37.4 Å². The second-order valence-corrected chi connectivity index (χ2v) is 6.18. The molecule has 1 fully saturated rings. The minimum absolute atomic E-state index is 0.0783. The van der Waals surface area contributed by atoms with Gasteiger partial charge in [-0.15, -0.1) is 0 Å². The number of nitrogens with zero attached hydrogens (tertiary/aromatic N) is 3. The van der Waals surface area contributed by atoms with Crippen LogP contribution in [0.5, 0.6) is 0 Å². The summed E-state index contributed by atoms with van der Waals surface area (Å²) >= 11 is 5.90. The monoisotopic (exact) mass is 348 g/mol. The van der Waals surface area contributed by atoms with Crippen molar-refractivity contribution < 1.29 is 9.18 Å². The number of hydrogen-bond acceptors (Lipinski definition) is 4. The van der Waals surface area contributed by atoms with Gasteiger partial charge in [0.25, 0.3) is 5.91 Å². The van der Waals surface area contributed by atoms with Gasteiger partial charge < -0.3 is 15.1 Å². The fraction of sp³-hybridized carbons (Fsp3) is 0.294. The average Bonchev–Trinajstić information content (AvgIpc) is 2.56. The first kappa shape index (κ1) is 16.7. The van der Waals surface area contributed by atoms with E-state index in [1.165, 1.54) is 12.1 Å². The first-order valence-electron chi connectivity index (χ1n) is 7.69. The molecule has 1 N–H and O–H groups in total. The quantitative estimate of drug-likeness (QED) is 0.926. The summed E-state index contributed by atoms with van der Waals surface area (Å²) in [5, 5.41) is 2.80. The lowest BCUT2D eigenvalue weighted by Gasteiger charge is -2.33. The van der Waals surface area contributed by atoms with Crippen LogP contribution in [0.2, 0.25) is 5.02 Å². The summed E-state index contributed by atoms with van der Waals surface area (Å²) in [6, 6.07) is 7.36. The van der Waals surface area contributed by atoms with Crippen molar-refractivity contribution in [3.63, 3.8) is 0 Å². The molecular weight excluding hydrogens is 331 g/mol. The van der Waals surface area contributed by atoms with Crippen LogP contribution in [-0.4, -0.2) is 49.0 Å². The Labute approximate surface area is 145 Å². The Morgan fingerprint density at radius 1 is 1.21 bits per heavy atom. The zero-order valence-corrected chi connectivity index (χ0v) is 14.1. The Kier molecular flexibility index (Phi) is 4.97. The molecule has 5 nitrogen and oxygen atoms in total. The molecule has 2 aromatic rings. The van der Waals surface area contributed by atoms with E-state index in [0.29, 0.717) is 5.69 Å². The number of likely N-dealkylation sites (N-methyl/N-ethyl adjacent to an activating group) is 1. The number of nitrogens with one attached hydrogen (secondary N) is 1. The maximum absolute atomic E-state index is 13.0. The highest BCUT2D eigenvalue weighted by Gasteiger charge is 2.16. The summed E-state index contributed by atoms with van der Waals surface area (Å²) in [6.45, 7) is 3.87. The van der Waals surface area contributed by atoms with Crippen molar-refractivity contribution in [3.05, 3.63) is 52.9 Å². The zero-order chi connectivity index (χ0) is 17.1. The highest BCUT2D eigenvalue weighted by atomic mass is 35.5. The Bertz CT molecular complexity index is 730. The van der Waals surface area contributed by atoms with Gasteiger partial charge >= 0.3 is 0 Å². The van der Waals surface area contributed by atoms with Crippen LogP contribution >= 0.6 is 11.6 Å². The predicted molar refractivity (Wildman–Crippen MR) is 93.3 cm³/mol. The van der Waals surface area contributed by atoms with Gasteiger partial charge in [-0.2, -0.15) is 0 Å². The van der Waals surface area contributed by atoms with Crippen molar-refractivity contribution in [2.75, 3.05) is 43.4 Å². The second kappa shape index (κ2) is 7.15. The molecule has 0 atom stereocenters. The van der Waals surface area contributed by atoms with Gasteiger partial charge in [0, 0.05) is 26.2 Å². The van der Waals surface area contributed by atoms with E-state index in [2.05, 4.69) is 27.1 Å². The zero-order valence-electron chi connectivity index (χ0n) is 13.3. The standard InChI is InChI=1S/C17H18ClFN4O/c1-22-6-8-23(9-7-22)16-5-3-13(11-20-16)21-17(24)14-4-2-12(19)10-15(14)18/h2-5,10-11H,6-9H2,1H3,(H,21,24). The normalized spacial score (nSPS) is 15.4. The van der Waals surface area contributed by atoms with E-state index in [1.54, 1.807) is 12.3 Å². The van der Waals surface area contributed by atoms with Crippen LogP contribution in [0, 0.1) is 5.82 Å². The van der Waals surface area contributed by atoms with Crippen LogP contribution in [-0.2, 0) is 0 Å². The molecule has 1 amide bonds. The second-order valence-electron chi connectivity index (χ2n) is 5.77. The number of amides is 1. The molecule has 0 radical (unpaired) electrons. The average molecular weight is 349 g/mol.